The van der Waals surface area contributed by atoms with E-state index in [1.54, 1.807) is 29.2 Å². The highest BCUT2D eigenvalue weighted by atomic mass is 16.5. The lowest BCUT2D eigenvalue weighted by Gasteiger charge is -2.36. The van der Waals surface area contributed by atoms with Gasteiger partial charge in [-0.3, -0.25) is 14.6 Å². The van der Waals surface area contributed by atoms with Gasteiger partial charge in [-0.1, -0.05) is 25.6 Å². The Morgan fingerprint density at radius 1 is 1.23 bits per heavy atom. The molecule has 2 aromatic carbocycles. The van der Waals surface area contributed by atoms with E-state index < -0.39 is 0 Å². The van der Waals surface area contributed by atoms with Crippen molar-refractivity contribution in [1.82, 2.24) is 9.97 Å². The van der Waals surface area contributed by atoms with Gasteiger partial charge in [-0.25, -0.2) is 9.78 Å². The number of rotatable bonds is 8. The number of nitrogens with zero attached hydrogens (tertiary/aromatic N) is 4. The van der Waals surface area contributed by atoms with Gasteiger partial charge in [0.1, 0.15) is 11.6 Å². The number of carbonyl (C=O) groups is 2. The molecule has 0 spiro atoms. The molecule has 0 radical (unpaired) electrons. The van der Waals surface area contributed by atoms with Gasteiger partial charge < -0.3 is 15.4 Å². The lowest BCUT2D eigenvalue weighted by molar-refractivity contribution is -0.111. The van der Waals surface area contributed by atoms with E-state index in [1.165, 1.54) is 6.08 Å². The maximum atomic E-state index is 13.5. The number of amides is 3. The van der Waals surface area contributed by atoms with Crippen LogP contribution in [0.2, 0.25) is 0 Å². The maximum Gasteiger partial charge on any atom is 0.330 e. The molecule has 1 aliphatic rings. The summed E-state index contributed by atoms with van der Waals surface area (Å²) in [6, 6.07) is 12.8. The van der Waals surface area contributed by atoms with E-state index in [0.717, 1.165) is 23.2 Å². The molecule has 180 valence electrons. The fraction of sp³-hybridized carbons (Fsp3) is 0.231. The normalized spacial score (nSPS) is 12.7. The van der Waals surface area contributed by atoms with Gasteiger partial charge in [0.15, 0.2) is 0 Å². The standard InChI is InChI=1S/C26H28N6O3/c1-5-11-31-24-18(16-32(26(31)34)19-12-17(3)13-20(14-19)35-4)15-27-25(30-24)29-22-10-8-7-9-21(22)28-23(33)6-2/h6-10,12-15H,2,5,11,16H2,1,3-4H3,(H,28,33)(H,27,29,30). The van der Waals surface area contributed by atoms with Crippen LogP contribution in [0.15, 0.2) is 61.3 Å². The summed E-state index contributed by atoms with van der Waals surface area (Å²) in [4.78, 5) is 37.9. The SMILES string of the molecule is C=CC(=O)Nc1ccccc1Nc1ncc2c(n1)N(CCC)C(=O)N(c1cc(C)cc(OC)c1)C2. The molecule has 35 heavy (non-hydrogen) atoms. The summed E-state index contributed by atoms with van der Waals surface area (Å²) in [5.74, 6) is 1.26. The summed E-state index contributed by atoms with van der Waals surface area (Å²) in [5.41, 5.74) is 3.78. The van der Waals surface area contributed by atoms with E-state index >= 15 is 0 Å². The van der Waals surface area contributed by atoms with Gasteiger partial charge in [0, 0.05) is 30.1 Å². The number of para-hydroxylation sites is 2. The zero-order valence-corrected chi connectivity index (χ0v) is 20.0. The third-order valence-electron chi connectivity index (χ3n) is 5.53. The summed E-state index contributed by atoms with van der Waals surface area (Å²) >= 11 is 0. The van der Waals surface area contributed by atoms with Crippen LogP contribution in [0.25, 0.3) is 0 Å². The predicted molar refractivity (Wildman–Crippen MR) is 138 cm³/mol. The lowest BCUT2D eigenvalue weighted by Crippen LogP contribution is -2.48. The summed E-state index contributed by atoms with van der Waals surface area (Å²) < 4.78 is 5.40. The molecule has 2 heterocycles. The summed E-state index contributed by atoms with van der Waals surface area (Å²) in [6.07, 6.45) is 3.69. The minimum Gasteiger partial charge on any atom is -0.497 e. The molecule has 0 saturated carbocycles. The van der Waals surface area contributed by atoms with E-state index in [4.69, 9.17) is 4.74 Å². The lowest BCUT2D eigenvalue weighted by atomic mass is 10.1. The van der Waals surface area contributed by atoms with E-state index in [0.29, 0.717) is 42.0 Å². The molecule has 3 amide bonds. The Bertz CT molecular complexity index is 1280. The molecule has 4 rings (SSSR count). The van der Waals surface area contributed by atoms with Crippen LogP contribution in [0.5, 0.6) is 5.75 Å². The summed E-state index contributed by atoms with van der Waals surface area (Å²) in [7, 11) is 1.61. The van der Waals surface area contributed by atoms with Crippen LogP contribution < -0.4 is 25.2 Å². The van der Waals surface area contributed by atoms with E-state index in [-0.39, 0.29) is 11.9 Å². The Hall–Kier alpha value is -4.40. The van der Waals surface area contributed by atoms with Gasteiger partial charge >= 0.3 is 6.03 Å². The minimum atomic E-state index is -0.321. The third-order valence-corrected chi connectivity index (χ3v) is 5.53. The molecule has 0 unspecified atom stereocenters. The average molecular weight is 473 g/mol. The Labute approximate surface area is 204 Å². The zero-order valence-electron chi connectivity index (χ0n) is 20.0. The molecule has 0 bridgehead atoms. The average Bonchev–Trinajstić information content (AvgIpc) is 2.86. The highest BCUT2D eigenvalue weighted by Gasteiger charge is 2.33. The molecular weight excluding hydrogens is 444 g/mol. The summed E-state index contributed by atoms with van der Waals surface area (Å²) in [6.45, 7) is 8.32. The van der Waals surface area contributed by atoms with Crippen molar-refractivity contribution in [2.24, 2.45) is 0 Å². The fourth-order valence-electron chi connectivity index (χ4n) is 3.91. The Morgan fingerprint density at radius 2 is 2.00 bits per heavy atom. The highest BCUT2D eigenvalue weighted by molar-refractivity contribution is 6.05. The first-order valence-corrected chi connectivity index (χ1v) is 11.3. The molecule has 0 aliphatic carbocycles. The molecule has 2 N–H and O–H groups in total. The molecular formula is C26H28N6O3. The van der Waals surface area contributed by atoms with Crippen molar-refractivity contribution in [3.8, 4) is 5.75 Å². The number of aromatic nitrogens is 2. The first-order chi connectivity index (χ1) is 16.9. The molecule has 1 aliphatic heterocycles. The van der Waals surface area contributed by atoms with Crippen LogP contribution in [0.3, 0.4) is 0 Å². The third kappa shape index (κ3) is 5.08. The van der Waals surface area contributed by atoms with Crippen LogP contribution in [0.4, 0.5) is 33.6 Å². The number of carbonyl (C=O) groups excluding carboxylic acids is 2. The van der Waals surface area contributed by atoms with E-state index in [9.17, 15) is 9.59 Å². The number of nitrogens with one attached hydrogen (secondary N) is 2. The molecule has 1 aromatic heterocycles. The smallest absolute Gasteiger partial charge is 0.330 e. The maximum absolute atomic E-state index is 13.5. The quantitative estimate of drug-likeness (QED) is 0.447. The van der Waals surface area contributed by atoms with E-state index in [2.05, 4.69) is 27.2 Å². The molecule has 0 fully saturated rings. The van der Waals surface area contributed by atoms with Gasteiger partial charge in [-0.2, -0.15) is 4.98 Å². The van der Waals surface area contributed by atoms with E-state index in [1.807, 2.05) is 50.2 Å². The molecule has 9 heteroatoms. The van der Waals surface area contributed by atoms with Crippen molar-refractivity contribution in [3.05, 3.63) is 72.4 Å². The number of hydrogen-bond acceptors (Lipinski definition) is 6. The van der Waals surface area contributed by atoms with Gasteiger partial charge in [0.25, 0.3) is 0 Å². The second-order valence-electron chi connectivity index (χ2n) is 8.14. The predicted octanol–water partition coefficient (Wildman–Crippen LogP) is 5.02. The van der Waals surface area contributed by atoms with Gasteiger partial charge in [0.05, 0.1) is 25.0 Å². The fourth-order valence-corrected chi connectivity index (χ4v) is 3.91. The Kier molecular flexibility index (Phi) is 6.96. The van der Waals surface area contributed by atoms with Crippen molar-refractivity contribution in [1.29, 1.82) is 0 Å². The van der Waals surface area contributed by atoms with Crippen molar-refractivity contribution in [2.45, 2.75) is 26.8 Å². The van der Waals surface area contributed by atoms with Crippen molar-refractivity contribution in [2.75, 3.05) is 34.1 Å². The number of ether oxygens (including phenoxy) is 1. The number of anilines is 5. The first-order valence-electron chi connectivity index (χ1n) is 11.3. The number of hydrogen-bond donors (Lipinski definition) is 2. The molecule has 3 aromatic rings. The number of aryl methyl sites for hydroxylation is 1. The highest BCUT2D eigenvalue weighted by Crippen LogP contribution is 2.34. The molecule has 0 saturated heterocycles. The van der Waals surface area contributed by atoms with Crippen LogP contribution in [0, 0.1) is 6.92 Å². The van der Waals surface area contributed by atoms with Crippen molar-refractivity contribution in [3.63, 3.8) is 0 Å². The molecule has 9 nitrogen and oxygen atoms in total. The number of methoxy groups -OCH3 is 1. The number of urea groups is 1. The second-order valence-corrected chi connectivity index (χ2v) is 8.14. The monoisotopic (exact) mass is 472 g/mol. The minimum absolute atomic E-state index is 0.157. The molecule has 0 atom stereocenters. The van der Waals surface area contributed by atoms with Gasteiger partial charge in [-0.15, -0.1) is 0 Å². The van der Waals surface area contributed by atoms with Crippen LogP contribution in [-0.4, -0.2) is 35.6 Å². The second kappa shape index (κ2) is 10.3. The van der Waals surface area contributed by atoms with Crippen molar-refractivity contribution >= 4 is 40.8 Å². The van der Waals surface area contributed by atoms with Crippen LogP contribution in [-0.2, 0) is 11.3 Å². The van der Waals surface area contributed by atoms with Crippen LogP contribution in [0.1, 0.15) is 24.5 Å². The zero-order chi connectivity index (χ0) is 24.9. The number of benzene rings is 2. The Morgan fingerprint density at radius 3 is 2.71 bits per heavy atom. The largest absolute Gasteiger partial charge is 0.497 e. The van der Waals surface area contributed by atoms with Gasteiger partial charge in [0.2, 0.25) is 11.9 Å². The van der Waals surface area contributed by atoms with Gasteiger partial charge in [-0.05, 0) is 49.2 Å². The van der Waals surface area contributed by atoms with Crippen molar-refractivity contribution < 1.29 is 14.3 Å². The topological polar surface area (TPSA) is 99.7 Å². The number of fused-ring (bicyclic) bond motifs is 1. The van der Waals surface area contributed by atoms with Crippen LogP contribution >= 0.6 is 0 Å². The summed E-state index contributed by atoms with van der Waals surface area (Å²) in [5, 5.41) is 5.92. The Balaban J connectivity index is 1.67. The first kappa shape index (κ1) is 23.7.